The number of nitrogens with one attached hydrogen (secondary N) is 2. The summed E-state index contributed by atoms with van der Waals surface area (Å²) in [6, 6.07) is 13.6. The molecule has 0 unspecified atom stereocenters. The van der Waals surface area contributed by atoms with Gasteiger partial charge in [0.1, 0.15) is 17.4 Å². The largest absolute Gasteiger partial charge is 0.472 e. The number of aromatic nitrogens is 4. The Morgan fingerprint density at radius 2 is 1.94 bits per heavy atom. The molecule has 0 aliphatic carbocycles. The van der Waals surface area contributed by atoms with Crippen molar-refractivity contribution in [3.8, 4) is 5.88 Å². The van der Waals surface area contributed by atoms with Crippen LogP contribution in [0.3, 0.4) is 0 Å². The fourth-order valence-electron chi connectivity index (χ4n) is 2.68. The van der Waals surface area contributed by atoms with Gasteiger partial charge in [0.2, 0.25) is 11.0 Å². The van der Waals surface area contributed by atoms with E-state index in [2.05, 4.69) is 30.8 Å². The van der Waals surface area contributed by atoms with Gasteiger partial charge in [-0.25, -0.2) is 14.2 Å². The highest BCUT2D eigenvalue weighted by Crippen LogP contribution is 2.20. The molecule has 31 heavy (non-hydrogen) atoms. The summed E-state index contributed by atoms with van der Waals surface area (Å²) in [5.41, 5.74) is 1.78. The summed E-state index contributed by atoms with van der Waals surface area (Å²) in [5.74, 6) is -0.176. The number of anilines is 2. The zero-order valence-electron chi connectivity index (χ0n) is 16.2. The molecule has 0 aliphatic rings. The van der Waals surface area contributed by atoms with Crippen molar-refractivity contribution in [3.63, 3.8) is 0 Å². The van der Waals surface area contributed by atoms with Gasteiger partial charge >= 0.3 is 6.03 Å². The average molecular weight is 436 g/mol. The van der Waals surface area contributed by atoms with Gasteiger partial charge in [0.25, 0.3) is 0 Å². The van der Waals surface area contributed by atoms with Crippen LogP contribution in [0.1, 0.15) is 16.1 Å². The van der Waals surface area contributed by atoms with Crippen LogP contribution < -0.4 is 15.4 Å². The van der Waals surface area contributed by atoms with Gasteiger partial charge in [0.15, 0.2) is 0 Å². The first-order valence-corrected chi connectivity index (χ1v) is 10.1. The summed E-state index contributed by atoms with van der Waals surface area (Å²) in [5, 5.41) is 14.5. The standard InChI is InChI=1S/C21H17FN6O2S/c22-17-7-6-16(11-15(17)13-30-18-12-23-8-9-24-18)25-20(29)26-21-28-27-19(31-21)10-14-4-2-1-3-5-14/h1-9,11-12H,10,13H2,(H2,25,26,28,29). The maximum atomic E-state index is 14.1. The molecule has 2 aromatic heterocycles. The summed E-state index contributed by atoms with van der Waals surface area (Å²) in [6.07, 6.45) is 5.06. The number of rotatable bonds is 7. The van der Waals surface area contributed by atoms with E-state index in [1.807, 2.05) is 30.3 Å². The molecule has 0 spiro atoms. The molecule has 8 nitrogen and oxygen atoms in total. The van der Waals surface area contributed by atoms with E-state index in [1.54, 1.807) is 0 Å². The maximum Gasteiger partial charge on any atom is 0.325 e. The summed E-state index contributed by atoms with van der Waals surface area (Å²) < 4.78 is 19.5. The summed E-state index contributed by atoms with van der Waals surface area (Å²) in [7, 11) is 0. The Morgan fingerprint density at radius 1 is 1.06 bits per heavy atom. The first-order chi connectivity index (χ1) is 15.2. The van der Waals surface area contributed by atoms with E-state index >= 15 is 0 Å². The highest BCUT2D eigenvalue weighted by Gasteiger charge is 2.11. The van der Waals surface area contributed by atoms with Crippen LogP contribution in [-0.4, -0.2) is 26.2 Å². The predicted molar refractivity (Wildman–Crippen MR) is 115 cm³/mol. The molecule has 0 saturated carbocycles. The van der Waals surface area contributed by atoms with Crippen molar-refractivity contribution in [2.24, 2.45) is 0 Å². The summed E-state index contributed by atoms with van der Waals surface area (Å²) in [4.78, 5) is 20.2. The van der Waals surface area contributed by atoms with E-state index in [0.717, 1.165) is 10.6 Å². The number of carbonyl (C=O) groups is 1. The van der Waals surface area contributed by atoms with Crippen LogP contribution in [0.2, 0.25) is 0 Å². The first kappa shape index (κ1) is 20.4. The van der Waals surface area contributed by atoms with Crippen molar-refractivity contribution in [1.29, 1.82) is 0 Å². The lowest BCUT2D eigenvalue weighted by Crippen LogP contribution is -2.19. The molecule has 0 fully saturated rings. The van der Waals surface area contributed by atoms with Gasteiger partial charge in [-0.2, -0.15) is 0 Å². The molecule has 0 saturated heterocycles. The highest BCUT2D eigenvalue weighted by atomic mass is 32.1. The van der Waals surface area contributed by atoms with Crippen LogP contribution in [0.25, 0.3) is 0 Å². The monoisotopic (exact) mass is 436 g/mol. The van der Waals surface area contributed by atoms with Crippen molar-refractivity contribution < 1.29 is 13.9 Å². The Hall–Kier alpha value is -3.92. The lowest BCUT2D eigenvalue weighted by molar-refractivity contribution is 0.262. The summed E-state index contributed by atoms with van der Waals surface area (Å²) >= 11 is 1.29. The number of urea groups is 1. The second-order valence-corrected chi connectivity index (χ2v) is 7.44. The lowest BCUT2D eigenvalue weighted by atomic mass is 10.2. The fraction of sp³-hybridized carbons (Fsp3) is 0.0952. The SMILES string of the molecule is O=C(Nc1ccc(F)c(COc2cnccn2)c1)Nc1nnc(Cc2ccccc2)s1. The molecule has 10 heteroatoms. The van der Waals surface area contributed by atoms with E-state index in [1.165, 1.54) is 48.1 Å². The Labute approximate surface area is 181 Å². The van der Waals surface area contributed by atoms with Gasteiger partial charge in [-0.05, 0) is 23.8 Å². The third kappa shape index (κ3) is 5.80. The van der Waals surface area contributed by atoms with Crippen LogP contribution in [-0.2, 0) is 13.0 Å². The molecule has 4 rings (SSSR count). The number of ether oxygens (including phenoxy) is 1. The second-order valence-electron chi connectivity index (χ2n) is 6.38. The highest BCUT2D eigenvalue weighted by molar-refractivity contribution is 7.15. The molecule has 2 heterocycles. The van der Waals surface area contributed by atoms with Crippen LogP contribution in [0.4, 0.5) is 20.0 Å². The third-order valence-electron chi connectivity index (χ3n) is 4.10. The number of amides is 2. The number of hydrogen-bond donors (Lipinski definition) is 2. The van der Waals surface area contributed by atoms with E-state index in [4.69, 9.17) is 4.74 Å². The molecular weight excluding hydrogens is 419 g/mol. The molecule has 0 atom stereocenters. The minimum absolute atomic E-state index is 0.0547. The Kier molecular flexibility index (Phi) is 6.38. The van der Waals surface area contributed by atoms with E-state index in [9.17, 15) is 9.18 Å². The van der Waals surface area contributed by atoms with E-state index in [-0.39, 0.29) is 18.1 Å². The molecule has 0 bridgehead atoms. The molecular formula is C21H17FN6O2S. The fourth-order valence-corrected chi connectivity index (χ4v) is 3.45. The Balaban J connectivity index is 1.34. The van der Waals surface area contributed by atoms with Crippen LogP contribution in [0, 0.1) is 5.82 Å². The van der Waals surface area contributed by atoms with Crippen molar-refractivity contribution in [1.82, 2.24) is 20.2 Å². The normalized spacial score (nSPS) is 10.5. The van der Waals surface area contributed by atoms with Crippen molar-refractivity contribution in [3.05, 3.63) is 89.1 Å². The Bertz CT molecular complexity index is 1160. The van der Waals surface area contributed by atoms with Crippen molar-refractivity contribution >= 4 is 28.2 Å². The second kappa shape index (κ2) is 9.72. The molecule has 0 aliphatic heterocycles. The number of halogens is 1. The third-order valence-corrected chi connectivity index (χ3v) is 4.94. The number of hydrogen-bond acceptors (Lipinski definition) is 7. The van der Waals surface area contributed by atoms with Crippen molar-refractivity contribution in [2.45, 2.75) is 13.0 Å². The average Bonchev–Trinajstić information content (AvgIpc) is 3.22. The topological polar surface area (TPSA) is 102 Å². The summed E-state index contributed by atoms with van der Waals surface area (Å²) in [6.45, 7) is -0.0547. The Morgan fingerprint density at radius 3 is 2.74 bits per heavy atom. The van der Waals surface area contributed by atoms with Gasteiger partial charge < -0.3 is 10.1 Å². The number of benzene rings is 2. The minimum atomic E-state index is -0.505. The molecule has 2 N–H and O–H groups in total. The lowest BCUT2D eigenvalue weighted by Gasteiger charge is -2.09. The molecule has 2 amide bonds. The molecule has 0 radical (unpaired) electrons. The quantitative estimate of drug-likeness (QED) is 0.448. The van der Waals surface area contributed by atoms with Gasteiger partial charge in [0, 0.05) is 30.1 Å². The molecule has 156 valence electrons. The van der Waals surface area contributed by atoms with Crippen LogP contribution in [0.15, 0.2) is 67.1 Å². The number of nitrogens with zero attached hydrogens (tertiary/aromatic N) is 4. The zero-order chi connectivity index (χ0) is 21.5. The van der Waals surface area contributed by atoms with Crippen molar-refractivity contribution in [2.75, 3.05) is 10.6 Å². The minimum Gasteiger partial charge on any atom is -0.472 e. The molecule has 2 aromatic carbocycles. The zero-order valence-corrected chi connectivity index (χ0v) is 17.0. The van der Waals surface area contributed by atoms with Gasteiger partial charge in [0.05, 0.1) is 6.20 Å². The van der Waals surface area contributed by atoms with E-state index in [0.29, 0.717) is 17.2 Å². The van der Waals surface area contributed by atoms with Gasteiger partial charge in [-0.15, -0.1) is 10.2 Å². The van der Waals surface area contributed by atoms with Crippen LogP contribution in [0.5, 0.6) is 5.88 Å². The maximum absolute atomic E-state index is 14.1. The van der Waals surface area contributed by atoms with Gasteiger partial charge in [-0.1, -0.05) is 41.7 Å². The number of carbonyl (C=O) groups excluding carboxylic acids is 1. The van der Waals surface area contributed by atoms with Gasteiger partial charge in [-0.3, -0.25) is 10.3 Å². The van der Waals surface area contributed by atoms with E-state index < -0.39 is 11.8 Å². The predicted octanol–water partition coefficient (Wildman–Crippen LogP) is 4.28. The smallest absolute Gasteiger partial charge is 0.325 e. The molecule has 4 aromatic rings. The van der Waals surface area contributed by atoms with Crippen LogP contribution >= 0.6 is 11.3 Å². The first-order valence-electron chi connectivity index (χ1n) is 9.27.